The Kier molecular flexibility index (Phi) is 7.44. The molecule has 186 valence electrons. The quantitative estimate of drug-likeness (QED) is 0.191. The molecule has 0 aliphatic heterocycles. The molecule has 0 amide bonds. The van der Waals surface area contributed by atoms with Gasteiger partial charge >= 0.3 is 5.97 Å². The molecular weight excluding hydrogens is 452 g/mol. The van der Waals surface area contributed by atoms with Crippen LogP contribution in [0.5, 0.6) is 0 Å². The minimum atomic E-state index is -0.456. The first kappa shape index (κ1) is 25.0. The van der Waals surface area contributed by atoms with Gasteiger partial charge in [-0.25, -0.2) is 0 Å². The molecule has 4 rings (SSSR count). The molecule has 0 unspecified atom stereocenters. The second kappa shape index (κ2) is 10.7. The van der Waals surface area contributed by atoms with Crippen LogP contribution in [0.4, 0.5) is 5.69 Å². The van der Waals surface area contributed by atoms with Crippen molar-refractivity contribution >= 4 is 11.7 Å². The maximum absolute atomic E-state index is 12.4. The molecule has 1 N–H and O–H groups in total. The van der Waals surface area contributed by atoms with Gasteiger partial charge in [-0.2, -0.15) is 0 Å². The molecule has 6 nitrogen and oxygen atoms in total. The molecule has 0 bridgehead atoms. The predicted molar refractivity (Wildman–Crippen MR) is 142 cm³/mol. The molecule has 0 spiro atoms. The molecule has 1 aromatic heterocycles. The number of rotatable bonds is 10. The zero-order valence-electron chi connectivity index (χ0n) is 21.3. The van der Waals surface area contributed by atoms with E-state index in [2.05, 4.69) is 41.3 Å². The van der Waals surface area contributed by atoms with E-state index in [1.165, 1.54) is 0 Å². The molecule has 2 aromatic carbocycles. The second-order valence-electron chi connectivity index (χ2n) is 8.75. The van der Waals surface area contributed by atoms with E-state index in [1.54, 1.807) is 13.2 Å². The fourth-order valence-corrected chi connectivity index (χ4v) is 4.20. The van der Waals surface area contributed by atoms with Crippen LogP contribution in [0, 0.1) is 6.92 Å². The molecule has 0 atom stereocenters. The highest BCUT2D eigenvalue weighted by atomic mass is 16.5. The molecule has 0 saturated heterocycles. The van der Waals surface area contributed by atoms with Gasteiger partial charge in [0.1, 0.15) is 17.1 Å². The van der Waals surface area contributed by atoms with Gasteiger partial charge in [-0.3, -0.25) is 4.79 Å². The number of esters is 1. The molecule has 1 saturated carbocycles. The van der Waals surface area contributed by atoms with Gasteiger partial charge in [-0.05, 0) is 56.4 Å². The van der Waals surface area contributed by atoms with Crippen LogP contribution < -0.4 is 5.32 Å². The van der Waals surface area contributed by atoms with Crippen molar-refractivity contribution < 1.29 is 18.8 Å². The summed E-state index contributed by atoms with van der Waals surface area (Å²) in [5, 5.41) is 7.57. The smallest absolute Gasteiger partial charge is 0.316 e. The molecule has 1 heterocycles. The Hall–Kier alpha value is -4.06. The molecule has 6 heteroatoms. The van der Waals surface area contributed by atoms with Crippen molar-refractivity contribution in [1.82, 2.24) is 5.16 Å². The number of anilines is 1. The molecule has 1 fully saturated rings. The molecule has 1 aliphatic rings. The average molecular weight is 485 g/mol. The Bertz CT molecular complexity index is 1290. The number of aromatic nitrogens is 1. The third kappa shape index (κ3) is 4.98. The number of methoxy groups -OCH3 is 1. The molecular formula is C30H32N2O4. The lowest BCUT2D eigenvalue weighted by molar-refractivity contribution is -0.146. The van der Waals surface area contributed by atoms with Crippen molar-refractivity contribution in [1.29, 1.82) is 0 Å². The third-order valence-corrected chi connectivity index (χ3v) is 6.51. The minimum Gasteiger partial charge on any atom is -0.497 e. The summed E-state index contributed by atoms with van der Waals surface area (Å²) in [7, 11) is 1.61. The maximum atomic E-state index is 12.4. The average Bonchev–Trinajstić information content (AvgIpc) is 3.65. The number of allylic oxidation sites excluding steroid dienone is 3. The van der Waals surface area contributed by atoms with Crippen LogP contribution >= 0.6 is 0 Å². The SMILES string of the molecule is C=C/C(=C\C(=C/C)Nc1c(C)noc1-c1ccc(-c2ccc(C3(C(=O)OCC)CC3)cc2)cc1)OC. The van der Waals surface area contributed by atoms with E-state index in [9.17, 15) is 4.79 Å². The van der Waals surface area contributed by atoms with Crippen LogP contribution in [0.25, 0.3) is 22.5 Å². The Morgan fingerprint density at radius 3 is 2.25 bits per heavy atom. The maximum Gasteiger partial charge on any atom is 0.316 e. The zero-order valence-corrected chi connectivity index (χ0v) is 21.3. The van der Waals surface area contributed by atoms with Gasteiger partial charge in [0.15, 0.2) is 5.76 Å². The Balaban J connectivity index is 1.54. The first-order chi connectivity index (χ1) is 17.4. The largest absolute Gasteiger partial charge is 0.497 e. The van der Waals surface area contributed by atoms with Crippen LogP contribution in [0.2, 0.25) is 0 Å². The number of hydrogen-bond donors (Lipinski definition) is 1. The summed E-state index contributed by atoms with van der Waals surface area (Å²) in [6, 6.07) is 16.4. The summed E-state index contributed by atoms with van der Waals surface area (Å²) in [6.45, 7) is 9.86. The number of nitrogens with zero attached hydrogens (tertiary/aromatic N) is 1. The summed E-state index contributed by atoms with van der Waals surface area (Å²) in [6.07, 6.45) is 7.15. The van der Waals surface area contributed by atoms with Crippen molar-refractivity contribution in [3.05, 3.63) is 96.1 Å². The van der Waals surface area contributed by atoms with Gasteiger partial charge in [0.05, 0.1) is 19.1 Å². The number of carbonyl (C=O) groups is 1. The Morgan fingerprint density at radius 2 is 1.72 bits per heavy atom. The highest BCUT2D eigenvalue weighted by molar-refractivity contribution is 5.87. The van der Waals surface area contributed by atoms with Gasteiger partial charge in [0.2, 0.25) is 0 Å². The second-order valence-corrected chi connectivity index (χ2v) is 8.75. The third-order valence-electron chi connectivity index (χ3n) is 6.51. The number of carbonyl (C=O) groups excluding carboxylic acids is 1. The van der Waals surface area contributed by atoms with Crippen molar-refractivity contribution in [3.63, 3.8) is 0 Å². The van der Waals surface area contributed by atoms with E-state index in [1.807, 2.05) is 57.2 Å². The van der Waals surface area contributed by atoms with Crippen LogP contribution in [-0.2, 0) is 19.7 Å². The van der Waals surface area contributed by atoms with Crippen molar-refractivity contribution in [2.45, 2.75) is 39.0 Å². The Morgan fingerprint density at radius 1 is 1.11 bits per heavy atom. The van der Waals surface area contributed by atoms with Crippen molar-refractivity contribution in [2.24, 2.45) is 0 Å². The van der Waals surface area contributed by atoms with E-state index < -0.39 is 5.41 Å². The van der Waals surface area contributed by atoms with E-state index in [0.29, 0.717) is 18.1 Å². The zero-order chi connectivity index (χ0) is 25.7. The number of aryl methyl sites for hydroxylation is 1. The van der Waals surface area contributed by atoms with E-state index in [4.69, 9.17) is 14.0 Å². The Labute approximate surface area is 212 Å². The van der Waals surface area contributed by atoms with E-state index in [0.717, 1.165) is 52.2 Å². The van der Waals surface area contributed by atoms with Crippen LogP contribution in [0.15, 0.2) is 89.3 Å². The fraction of sp³-hybridized carbons (Fsp3) is 0.267. The number of hydrogen-bond acceptors (Lipinski definition) is 6. The normalized spacial score (nSPS) is 14.8. The fourth-order valence-electron chi connectivity index (χ4n) is 4.20. The summed E-state index contributed by atoms with van der Waals surface area (Å²) in [5.41, 5.74) is 6.02. The summed E-state index contributed by atoms with van der Waals surface area (Å²) in [4.78, 5) is 12.4. The minimum absolute atomic E-state index is 0.117. The van der Waals surface area contributed by atoms with Gasteiger partial charge in [0, 0.05) is 17.3 Å². The molecule has 0 radical (unpaired) electrons. The molecule has 36 heavy (non-hydrogen) atoms. The topological polar surface area (TPSA) is 73.6 Å². The molecule has 1 aliphatic carbocycles. The van der Waals surface area contributed by atoms with Gasteiger partial charge in [0.25, 0.3) is 0 Å². The van der Waals surface area contributed by atoms with Crippen LogP contribution in [-0.4, -0.2) is 24.8 Å². The molecule has 3 aromatic rings. The van der Waals surface area contributed by atoms with E-state index >= 15 is 0 Å². The lowest BCUT2D eigenvalue weighted by Gasteiger charge is -2.14. The lowest BCUT2D eigenvalue weighted by atomic mass is 9.93. The highest BCUT2D eigenvalue weighted by Gasteiger charge is 2.52. The van der Waals surface area contributed by atoms with Crippen molar-refractivity contribution in [2.75, 3.05) is 19.0 Å². The summed E-state index contributed by atoms with van der Waals surface area (Å²) < 4.78 is 16.3. The summed E-state index contributed by atoms with van der Waals surface area (Å²) >= 11 is 0. The van der Waals surface area contributed by atoms with Crippen LogP contribution in [0.1, 0.15) is 37.9 Å². The number of nitrogens with one attached hydrogen (secondary N) is 1. The van der Waals surface area contributed by atoms with Crippen LogP contribution in [0.3, 0.4) is 0 Å². The number of ether oxygens (including phenoxy) is 2. The van der Waals surface area contributed by atoms with Gasteiger partial charge < -0.3 is 19.3 Å². The monoisotopic (exact) mass is 484 g/mol. The first-order valence-electron chi connectivity index (χ1n) is 12.1. The summed E-state index contributed by atoms with van der Waals surface area (Å²) in [5.74, 6) is 1.19. The predicted octanol–water partition coefficient (Wildman–Crippen LogP) is 6.94. The standard InChI is InChI=1S/C30H32N2O4/c1-6-25(19-26(7-2)34-5)31-27-20(4)32-36-28(27)23-11-9-21(10-12-23)22-13-15-24(16-14-22)30(17-18-30)29(33)35-8-3/h6-7,9-16,19,31H,2,8,17-18H2,1,3-5H3/b25-6+,26-19+. The lowest BCUT2D eigenvalue weighted by Crippen LogP contribution is -2.23. The highest BCUT2D eigenvalue weighted by Crippen LogP contribution is 2.49. The van der Waals surface area contributed by atoms with Gasteiger partial charge in [-0.15, -0.1) is 0 Å². The van der Waals surface area contributed by atoms with Gasteiger partial charge in [-0.1, -0.05) is 66.3 Å². The van der Waals surface area contributed by atoms with Crippen molar-refractivity contribution in [3.8, 4) is 22.5 Å². The van der Waals surface area contributed by atoms with E-state index in [-0.39, 0.29) is 5.97 Å². The number of benzene rings is 2. The first-order valence-corrected chi connectivity index (χ1v) is 12.1.